The lowest BCUT2D eigenvalue weighted by atomic mass is 9.89. The number of amides is 2. The third-order valence-electron chi connectivity index (χ3n) is 3.46. The summed E-state index contributed by atoms with van der Waals surface area (Å²) in [5.74, 6) is -0.974. The lowest BCUT2D eigenvalue weighted by molar-refractivity contribution is -0.00709. The Bertz CT molecular complexity index is 512. The first-order valence-corrected chi connectivity index (χ1v) is 7.06. The van der Waals surface area contributed by atoms with Crippen LogP contribution in [0.2, 0.25) is 0 Å². The summed E-state index contributed by atoms with van der Waals surface area (Å²) in [7, 11) is 0. The van der Waals surface area contributed by atoms with Gasteiger partial charge < -0.3 is 20.5 Å². The third-order valence-corrected chi connectivity index (χ3v) is 3.46. The fraction of sp³-hybridized carbons (Fsp3) is 0.467. The van der Waals surface area contributed by atoms with E-state index in [2.05, 4.69) is 10.6 Å². The van der Waals surface area contributed by atoms with E-state index in [4.69, 9.17) is 9.84 Å². The Morgan fingerprint density at radius 3 is 2.81 bits per heavy atom. The van der Waals surface area contributed by atoms with Gasteiger partial charge in [-0.15, -0.1) is 0 Å². The van der Waals surface area contributed by atoms with E-state index < -0.39 is 5.97 Å². The van der Waals surface area contributed by atoms with Crippen molar-refractivity contribution in [3.05, 3.63) is 35.4 Å². The molecule has 0 spiro atoms. The number of nitrogens with one attached hydrogen (secondary N) is 2. The Morgan fingerprint density at radius 2 is 2.14 bits per heavy atom. The number of urea groups is 1. The summed E-state index contributed by atoms with van der Waals surface area (Å²) >= 11 is 0. The van der Waals surface area contributed by atoms with Crippen LogP contribution in [0.25, 0.3) is 0 Å². The van der Waals surface area contributed by atoms with Crippen molar-refractivity contribution in [2.24, 2.45) is 0 Å². The van der Waals surface area contributed by atoms with E-state index in [9.17, 15) is 9.59 Å². The molecule has 0 aromatic heterocycles. The highest BCUT2D eigenvalue weighted by molar-refractivity contribution is 5.87. The van der Waals surface area contributed by atoms with Gasteiger partial charge in [-0.25, -0.2) is 9.59 Å². The van der Waals surface area contributed by atoms with Crippen molar-refractivity contribution in [1.29, 1.82) is 0 Å². The predicted molar refractivity (Wildman–Crippen MR) is 77.2 cm³/mol. The van der Waals surface area contributed by atoms with Crippen LogP contribution in [0.3, 0.4) is 0 Å². The maximum atomic E-state index is 11.7. The van der Waals surface area contributed by atoms with Crippen LogP contribution in [0.15, 0.2) is 24.3 Å². The van der Waals surface area contributed by atoms with Crippen molar-refractivity contribution in [3.63, 3.8) is 0 Å². The zero-order chi connectivity index (χ0) is 15.2. The minimum atomic E-state index is -0.974. The molecule has 2 rings (SSSR count). The third kappa shape index (κ3) is 4.46. The molecule has 1 aliphatic carbocycles. The lowest BCUT2D eigenvalue weighted by Gasteiger charge is -2.35. The van der Waals surface area contributed by atoms with E-state index in [0.29, 0.717) is 13.2 Å². The normalized spacial score (nSPS) is 20.4. The standard InChI is InChI=1S/C15H20N2O4/c1-2-21-13-7-12(8-13)17-15(20)16-9-10-4-3-5-11(6-10)14(18)19/h3-6,12-13H,2,7-9H2,1H3,(H,18,19)(H2,16,17,20). The molecular weight excluding hydrogens is 272 g/mol. The van der Waals surface area contributed by atoms with Gasteiger partial charge in [0.2, 0.25) is 0 Å². The molecule has 0 aliphatic heterocycles. The van der Waals surface area contributed by atoms with Crippen molar-refractivity contribution in [3.8, 4) is 0 Å². The van der Waals surface area contributed by atoms with Crippen LogP contribution in [0, 0.1) is 0 Å². The van der Waals surface area contributed by atoms with E-state index in [1.807, 2.05) is 6.92 Å². The molecule has 1 aromatic rings. The highest BCUT2D eigenvalue weighted by Gasteiger charge is 2.30. The number of aromatic carboxylic acids is 1. The molecule has 6 heteroatoms. The van der Waals surface area contributed by atoms with Crippen LogP contribution in [-0.4, -0.2) is 35.9 Å². The van der Waals surface area contributed by atoms with E-state index in [0.717, 1.165) is 18.4 Å². The van der Waals surface area contributed by atoms with Gasteiger partial charge in [-0.2, -0.15) is 0 Å². The Hall–Kier alpha value is -2.08. The summed E-state index contributed by atoms with van der Waals surface area (Å²) in [6.45, 7) is 2.96. The Kier molecular flexibility index (Phi) is 5.16. The highest BCUT2D eigenvalue weighted by atomic mass is 16.5. The molecule has 1 aromatic carbocycles. The Labute approximate surface area is 123 Å². The molecule has 1 fully saturated rings. The smallest absolute Gasteiger partial charge is 0.335 e. The molecule has 0 saturated heterocycles. The van der Waals surface area contributed by atoms with Crippen molar-refractivity contribution in [2.75, 3.05) is 6.61 Å². The second-order valence-electron chi connectivity index (χ2n) is 5.08. The summed E-state index contributed by atoms with van der Waals surface area (Å²) < 4.78 is 5.43. The van der Waals surface area contributed by atoms with Gasteiger partial charge in [-0.05, 0) is 37.5 Å². The summed E-state index contributed by atoms with van der Waals surface area (Å²) in [5, 5.41) is 14.5. The number of benzene rings is 1. The number of ether oxygens (including phenoxy) is 1. The van der Waals surface area contributed by atoms with Gasteiger partial charge in [-0.3, -0.25) is 0 Å². The number of hydrogen-bond acceptors (Lipinski definition) is 3. The molecular formula is C15H20N2O4. The van der Waals surface area contributed by atoms with Crippen molar-refractivity contribution in [2.45, 2.75) is 38.5 Å². The number of carboxylic acids is 1. The molecule has 0 radical (unpaired) electrons. The average molecular weight is 292 g/mol. The summed E-state index contributed by atoms with van der Waals surface area (Å²) in [5.41, 5.74) is 0.971. The molecule has 3 N–H and O–H groups in total. The number of hydrogen-bond donors (Lipinski definition) is 3. The summed E-state index contributed by atoms with van der Waals surface area (Å²) in [6.07, 6.45) is 1.94. The van der Waals surface area contributed by atoms with E-state index >= 15 is 0 Å². The lowest BCUT2D eigenvalue weighted by Crippen LogP contribution is -2.50. The molecule has 2 amide bonds. The van der Waals surface area contributed by atoms with Crippen molar-refractivity contribution in [1.82, 2.24) is 10.6 Å². The first-order chi connectivity index (χ1) is 10.1. The molecule has 1 aliphatic rings. The van der Waals surface area contributed by atoms with Crippen LogP contribution < -0.4 is 10.6 Å². The molecule has 1 saturated carbocycles. The number of rotatable bonds is 6. The quantitative estimate of drug-likeness (QED) is 0.745. The molecule has 0 heterocycles. The zero-order valence-corrected chi connectivity index (χ0v) is 12.0. The second-order valence-corrected chi connectivity index (χ2v) is 5.08. The minimum absolute atomic E-state index is 0.159. The molecule has 21 heavy (non-hydrogen) atoms. The average Bonchev–Trinajstić information content (AvgIpc) is 2.43. The van der Waals surface area contributed by atoms with Crippen molar-refractivity contribution >= 4 is 12.0 Å². The van der Waals surface area contributed by atoms with Gasteiger partial charge in [0.1, 0.15) is 0 Å². The van der Waals surface area contributed by atoms with Gasteiger partial charge in [0.05, 0.1) is 11.7 Å². The zero-order valence-electron chi connectivity index (χ0n) is 12.0. The SMILES string of the molecule is CCOC1CC(NC(=O)NCc2cccc(C(=O)O)c2)C1. The largest absolute Gasteiger partial charge is 0.478 e. The topological polar surface area (TPSA) is 87.7 Å². The summed E-state index contributed by atoms with van der Waals surface area (Å²) in [6, 6.07) is 6.44. The van der Waals surface area contributed by atoms with E-state index in [1.54, 1.807) is 18.2 Å². The van der Waals surface area contributed by atoms with Gasteiger partial charge in [-0.1, -0.05) is 12.1 Å². The van der Waals surface area contributed by atoms with Crippen LogP contribution in [0.1, 0.15) is 35.7 Å². The molecule has 0 bridgehead atoms. The van der Waals surface area contributed by atoms with Gasteiger partial charge in [0.15, 0.2) is 0 Å². The fourth-order valence-corrected chi connectivity index (χ4v) is 2.29. The molecule has 0 unspecified atom stereocenters. The van der Waals surface area contributed by atoms with Gasteiger partial charge in [0, 0.05) is 19.2 Å². The number of carboxylic acid groups (broad SMARTS) is 1. The number of carbonyl (C=O) groups excluding carboxylic acids is 1. The molecule has 6 nitrogen and oxygen atoms in total. The second kappa shape index (κ2) is 7.08. The Morgan fingerprint density at radius 1 is 1.38 bits per heavy atom. The van der Waals surface area contributed by atoms with Crippen LogP contribution in [0.5, 0.6) is 0 Å². The molecule has 0 atom stereocenters. The predicted octanol–water partition coefficient (Wildman–Crippen LogP) is 1.75. The van der Waals surface area contributed by atoms with Gasteiger partial charge >= 0.3 is 12.0 Å². The van der Waals surface area contributed by atoms with Gasteiger partial charge in [0.25, 0.3) is 0 Å². The molecule has 114 valence electrons. The minimum Gasteiger partial charge on any atom is -0.478 e. The Balaban J connectivity index is 1.72. The maximum Gasteiger partial charge on any atom is 0.335 e. The fourth-order valence-electron chi connectivity index (χ4n) is 2.29. The van der Waals surface area contributed by atoms with Crippen molar-refractivity contribution < 1.29 is 19.4 Å². The van der Waals surface area contributed by atoms with Crippen LogP contribution in [-0.2, 0) is 11.3 Å². The van der Waals surface area contributed by atoms with E-state index in [-0.39, 0.29) is 23.7 Å². The first kappa shape index (κ1) is 15.3. The summed E-state index contributed by atoms with van der Waals surface area (Å²) in [4.78, 5) is 22.6. The maximum absolute atomic E-state index is 11.7. The van der Waals surface area contributed by atoms with Crippen LogP contribution in [0.4, 0.5) is 4.79 Å². The first-order valence-electron chi connectivity index (χ1n) is 7.06. The highest BCUT2D eigenvalue weighted by Crippen LogP contribution is 2.22. The van der Waals surface area contributed by atoms with E-state index in [1.165, 1.54) is 6.07 Å². The number of carbonyl (C=O) groups is 2. The monoisotopic (exact) mass is 292 g/mol. The van der Waals surface area contributed by atoms with Crippen LogP contribution >= 0.6 is 0 Å².